The molecule has 0 aliphatic rings. The first-order valence-corrected chi connectivity index (χ1v) is 7.16. The molecule has 0 bridgehead atoms. The van der Waals surface area contributed by atoms with E-state index in [1.165, 1.54) is 11.1 Å². The molecular formula is C17H20ClN. The van der Waals surface area contributed by atoms with Gasteiger partial charge in [0.2, 0.25) is 0 Å². The van der Waals surface area contributed by atoms with Gasteiger partial charge in [0, 0.05) is 11.1 Å². The van der Waals surface area contributed by atoms with E-state index in [9.17, 15) is 0 Å². The molecule has 0 aliphatic heterocycles. The maximum absolute atomic E-state index is 5.89. The molecule has 0 saturated heterocycles. The van der Waals surface area contributed by atoms with Crippen LogP contribution in [-0.2, 0) is 6.42 Å². The standard InChI is InChI=1S/C17H20ClN/c1-14(16-9-11-17(18)12-10-16)19-13-5-8-15-6-3-2-4-7-15/h2-4,6-7,9-12,14,19H,5,8,13H2,1H3/t14-/m0/s1. The zero-order valence-corrected chi connectivity index (χ0v) is 12.0. The van der Waals surface area contributed by atoms with Crippen LogP contribution in [-0.4, -0.2) is 6.54 Å². The summed E-state index contributed by atoms with van der Waals surface area (Å²) in [7, 11) is 0. The van der Waals surface area contributed by atoms with E-state index in [-0.39, 0.29) is 0 Å². The number of aryl methyl sites for hydroxylation is 1. The maximum atomic E-state index is 5.89. The summed E-state index contributed by atoms with van der Waals surface area (Å²) in [5.41, 5.74) is 2.69. The predicted octanol–water partition coefficient (Wildman–Crippen LogP) is 4.62. The second-order valence-electron chi connectivity index (χ2n) is 4.82. The van der Waals surface area contributed by atoms with E-state index >= 15 is 0 Å². The normalized spacial score (nSPS) is 12.3. The van der Waals surface area contributed by atoms with Gasteiger partial charge >= 0.3 is 0 Å². The van der Waals surface area contributed by atoms with Gasteiger partial charge in [-0.15, -0.1) is 0 Å². The topological polar surface area (TPSA) is 12.0 Å². The molecule has 0 amide bonds. The summed E-state index contributed by atoms with van der Waals surface area (Å²) in [4.78, 5) is 0. The average molecular weight is 274 g/mol. The van der Waals surface area contributed by atoms with Gasteiger partial charge in [0.25, 0.3) is 0 Å². The van der Waals surface area contributed by atoms with Gasteiger partial charge in [-0.25, -0.2) is 0 Å². The van der Waals surface area contributed by atoms with Gasteiger partial charge in [0.1, 0.15) is 0 Å². The van der Waals surface area contributed by atoms with Crippen LogP contribution >= 0.6 is 11.6 Å². The number of nitrogens with one attached hydrogen (secondary N) is 1. The van der Waals surface area contributed by atoms with Gasteiger partial charge in [-0.1, -0.05) is 54.1 Å². The van der Waals surface area contributed by atoms with E-state index < -0.39 is 0 Å². The Morgan fingerprint density at radius 3 is 2.37 bits per heavy atom. The van der Waals surface area contributed by atoms with Crippen LogP contribution in [0.5, 0.6) is 0 Å². The third kappa shape index (κ3) is 4.70. The molecule has 100 valence electrons. The Bertz CT molecular complexity index is 478. The lowest BCUT2D eigenvalue weighted by atomic mass is 10.1. The molecule has 0 aromatic heterocycles. The molecular weight excluding hydrogens is 254 g/mol. The van der Waals surface area contributed by atoms with E-state index in [2.05, 4.69) is 54.7 Å². The minimum absolute atomic E-state index is 0.369. The first kappa shape index (κ1) is 14.1. The van der Waals surface area contributed by atoms with E-state index in [4.69, 9.17) is 11.6 Å². The molecule has 0 spiro atoms. The van der Waals surface area contributed by atoms with Crippen molar-refractivity contribution in [3.63, 3.8) is 0 Å². The Balaban J connectivity index is 1.72. The number of benzene rings is 2. The first-order valence-electron chi connectivity index (χ1n) is 6.78. The van der Waals surface area contributed by atoms with Crippen molar-refractivity contribution < 1.29 is 0 Å². The Morgan fingerprint density at radius 1 is 1.00 bits per heavy atom. The number of hydrogen-bond acceptors (Lipinski definition) is 1. The zero-order chi connectivity index (χ0) is 13.5. The SMILES string of the molecule is C[C@H](NCCCc1ccccc1)c1ccc(Cl)cc1. The summed E-state index contributed by atoms with van der Waals surface area (Å²) in [5.74, 6) is 0. The van der Waals surface area contributed by atoms with Crippen LogP contribution in [0.2, 0.25) is 5.02 Å². The zero-order valence-electron chi connectivity index (χ0n) is 11.3. The highest BCUT2D eigenvalue weighted by atomic mass is 35.5. The van der Waals surface area contributed by atoms with Crippen LogP contribution in [0.25, 0.3) is 0 Å². The van der Waals surface area contributed by atoms with Crippen molar-refractivity contribution in [1.29, 1.82) is 0 Å². The fourth-order valence-electron chi connectivity index (χ4n) is 2.13. The van der Waals surface area contributed by atoms with Gasteiger partial charge in [0.15, 0.2) is 0 Å². The highest BCUT2D eigenvalue weighted by Crippen LogP contribution is 2.16. The molecule has 1 N–H and O–H groups in total. The third-order valence-corrected chi connectivity index (χ3v) is 3.56. The van der Waals surface area contributed by atoms with E-state index in [1.54, 1.807) is 0 Å². The van der Waals surface area contributed by atoms with Crippen molar-refractivity contribution in [2.75, 3.05) is 6.54 Å². The smallest absolute Gasteiger partial charge is 0.0406 e. The van der Waals surface area contributed by atoms with Crippen LogP contribution in [0.1, 0.15) is 30.5 Å². The average Bonchev–Trinajstić information content (AvgIpc) is 2.45. The van der Waals surface area contributed by atoms with Crippen LogP contribution in [0, 0.1) is 0 Å². The Morgan fingerprint density at radius 2 is 1.68 bits per heavy atom. The third-order valence-electron chi connectivity index (χ3n) is 3.31. The molecule has 1 nitrogen and oxygen atoms in total. The molecule has 2 aromatic rings. The Hall–Kier alpha value is -1.31. The largest absolute Gasteiger partial charge is 0.310 e. The quantitative estimate of drug-likeness (QED) is 0.757. The molecule has 0 heterocycles. The molecule has 2 aromatic carbocycles. The lowest BCUT2D eigenvalue weighted by Crippen LogP contribution is -2.20. The monoisotopic (exact) mass is 273 g/mol. The van der Waals surface area contributed by atoms with Gasteiger partial charge in [0.05, 0.1) is 0 Å². The van der Waals surface area contributed by atoms with Gasteiger partial charge in [-0.3, -0.25) is 0 Å². The van der Waals surface area contributed by atoms with Crippen LogP contribution in [0.4, 0.5) is 0 Å². The van der Waals surface area contributed by atoms with Crippen LogP contribution in [0.15, 0.2) is 54.6 Å². The Kier molecular flexibility index (Phi) is 5.44. The highest BCUT2D eigenvalue weighted by molar-refractivity contribution is 6.30. The summed E-state index contributed by atoms with van der Waals surface area (Å²) >= 11 is 5.89. The predicted molar refractivity (Wildman–Crippen MR) is 82.6 cm³/mol. The minimum atomic E-state index is 0.369. The van der Waals surface area contributed by atoms with Crippen LogP contribution in [0.3, 0.4) is 0 Å². The van der Waals surface area contributed by atoms with Crippen molar-refractivity contribution in [2.24, 2.45) is 0 Å². The second-order valence-corrected chi connectivity index (χ2v) is 5.25. The van der Waals surface area contributed by atoms with Gasteiger partial charge < -0.3 is 5.32 Å². The molecule has 0 unspecified atom stereocenters. The lowest BCUT2D eigenvalue weighted by molar-refractivity contribution is 0.558. The summed E-state index contributed by atoms with van der Waals surface area (Å²) in [5, 5.41) is 4.34. The molecule has 0 aliphatic carbocycles. The van der Waals surface area contributed by atoms with Crippen LogP contribution < -0.4 is 5.32 Å². The highest BCUT2D eigenvalue weighted by Gasteiger charge is 2.03. The number of hydrogen-bond donors (Lipinski definition) is 1. The van der Waals surface area contributed by atoms with E-state index in [0.717, 1.165) is 24.4 Å². The van der Waals surface area contributed by atoms with Gasteiger partial charge in [-0.05, 0) is 49.6 Å². The number of rotatable bonds is 6. The van der Waals surface area contributed by atoms with E-state index in [1.807, 2.05) is 12.1 Å². The van der Waals surface area contributed by atoms with E-state index in [0.29, 0.717) is 6.04 Å². The molecule has 1 atom stereocenters. The first-order chi connectivity index (χ1) is 9.25. The fourth-order valence-corrected chi connectivity index (χ4v) is 2.25. The molecule has 2 heteroatoms. The lowest BCUT2D eigenvalue weighted by Gasteiger charge is -2.14. The van der Waals surface area contributed by atoms with Crippen molar-refractivity contribution in [3.05, 3.63) is 70.7 Å². The molecule has 0 fully saturated rings. The van der Waals surface area contributed by atoms with Crippen molar-refractivity contribution >= 4 is 11.6 Å². The van der Waals surface area contributed by atoms with Crippen molar-refractivity contribution in [1.82, 2.24) is 5.32 Å². The second kappa shape index (κ2) is 7.32. The summed E-state index contributed by atoms with van der Waals surface area (Å²) in [6.45, 7) is 3.21. The van der Waals surface area contributed by atoms with Crippen molar-refractivity contribution in [3.8, 4) is 0 Å². The number of halogens is 1. The minimum Gasteiger partial charge on any atom is -0.310 e. The summed E-state index contributed by atoms with van der Waals surface area (Å²) in [6, 6.07) is 19.0. The molecule has 19 heavy (non-hydrogen) atoms. The fraction of sp³-hybridized carbons (Fsp3) is 0.294. The molecule has 0 saturated carbocycles. The maximum Gasteiger partial charge on any atom is 0.0406 e. The summed E-state index contributed by atoms with van der Waals surface area (Å²) < 4.78 is 0. The molecule has 0 radical (unpaired) electrons. The van der Waals surface area contributed by atoms with Gasteiger partial charge in [-0.2, -0.15) is 0 Å². The van der Waals surface area contributed by atoms with Crippen molar-refractivity contribution in [2.45, 2.75) is 25.8 Å². The Labute approximate surface area is 120 Å². The molecule has 2 rings (SSSR count). The summed E-state index contributed by atoms with van der Waals surface area (Å²) in [6.07, 6.45) is 2.28.